The van der Waals surface area contributed by atoms with Crippen molar-refractivity contribution < 1.29 is 0 Å². The topological polar surface area (TPSA) is 4.36 Å². The maximum absolute atomic E-state index is 7.10. The zero-order valence-corrected chi connectivity index (χ0v) is 6.85. The lowest BCUT2D eigenvalue weighted by Gasteiger charge is -2.19. The number of hydrogen-bond donors (Lipinski definition) is 0. The van der Waals surface area contributed by atoms with Crippen LogP contribution in [0.3, 0.4) is 0 Å². The van der Waals surface area contributed by atoms with Crippen LogP contribution in [0, 0.1) is 12.5 Å². The molecule has 0 heterocycles. The summed E-state index contributed by atoms with van der Waals surface area (Å²) in [4.78, 5) is 3.77. The second kappa shape index (κ2) is 2.62. The molecule has 0 amide bonds. The second-order valence-electron chi connectivity index (χ2n) is 3.58. The van der Waals surface area contributed by atoms with Gasteiger partial charge in [0.2, 0.25) is 5.54 Å². The zero-order valence-electron chi connectivity index (χ0n) is 6.85. The molecule has 1 fully saturated rings. The molecule has 0 N–H and O–H groups in total. The molecule has 0 saturated heterocycles. The average molecular weight is 137 g/mol. The predicted octanol–water partition coefficient (Wildman–Crippen LogP) is 2.87. The van der Waals surface area contributed by atoms with E-state index in [0.29, 0.717) is 5.92 Å². The van der Waals surface area contributed by atoms with Gasteiger partial charge in [-0.05, 0) is 12.8 Å². The molecular weight excluding hydrogens is 122 g/mol. The number of nitrogens with zero attached hydrogens (tertiary/aromatic N) is 1. The van der Waals surface area contributed by atoms with Gasteiger partial charge < -0.3 is 4.85 Å². The van der Waals surface area contributed by atoms with Crippen LogP contribution < -0.4 is 0 Å². The molecule has 1 rings (SSSR count). The molecule has 1 heteroatoms. The Hall–Kier alpha value is -0.510. The molecule has 1 saturated carbocycles. The molecule has 0 spiro atoms. The van der Waals surface area contributed by atoms with Crippen LogP contribution in [0.1, 0.15) is 39.5 Å². The fourth-order valence-corrected chi connectivity index (χ4v) is 1.81. The summed E-state index contributed by atoms with van der Waals surface area (Å²) >= 11 is 0. The first-order valence-corrected chi connectivity index (χ1v) is 4.10. The SMILES string of the molecule is [C-]#[N+]C1(C(C)C)CCCC1. The van der Waals surface area contributed by atoms with E-state index in [-0.39, 0.29) is 5.54 Å². The first kappa shape index (κ1) is 7.60. The molecule has 10 heavy (non-hydrogen) atoms. The number of rotatable bonds is 1. The molecule has 0 aliphatic heterocycles. The monoisotopic (exact) mass is 137 g/mol. The normalized spacial score (nSPS) is 23.0. The van der Waals surface area contributed by atoms with E-state index in [1.54, 1.807) is 0 Å². The summed E-state index contributed by atoms with van der Waals surface area (Å²) in [6.45, 7) is 11.4. The highest BCUT2D eigenvalue weighted by atomic mass is 14.8. The van der Waals surface area contributed by atoms with Gasteiger partial charge in [0.25, 0.3) is 0 Å². The van der Waals surface area contributed by atoms with Crippen molar-refractivity contribution in [2.45, 2.75) is 45.1 Å². The van der Waals surface area contributed by atoms with Crippen molar-refractivity contribution >= 4 is 0 Å². The molecule has 1 aliphatic carbocycles. The molecule has 1 nitrogen and oxygen atoms in total. The van der Waals surface area contributed by atoms with E-state index >= 15 is 0 Å². The van der Waals surface area contributed by atoms with Gasteiger partial charge in [-0.3, -0.25) is 0 Å². The lowest BCUT2D eigenvalue weighted by Crippen LogP contribution is -2.26. The van der Waals surface area contributed by atoms with Crippen molar-refractivity contribution in [1.29, 1.82) is 0 Å². The highest BCUT2D eigenvalue weighted by Gasteiger charge is 2.42. The highest BCUT2D eigenvalue weighted by molar-refractivity contribution is 5.03. The van der Waals surface area contributed by atoms with Gasteiger partial charge in [-0.2, -0.15) is 0 Å². The second-order valence-corrected chi connectivity index (χ2v) is 3.58. The van der Waals surface area contributed by atoms with Crippen LogP contribution in [-0.2, 0) is 0 Å². The van der Waals surface area contributed by atoms with Gasteiger partial charge in [0.1, 0.15) is 0 Å². The molecule has 0 aromatic carbocycles. The van der Waals surface area contributed by atoms with Gasteiger partial charge in [0.05, 0.1) is 0 Å². The van der Waals surface area contributed by atoms with E-state index in [9.17, 15) is 0 Å². The highest BCUT2D eigenvalue weighted by Crippen LogP contribution is 2.39. The summed E-state index contributed by atoms with van der Waals surface area (Å²) in [6.07, 6.45) is 4.80. The Morgan fingerprint density at radius 1 is 1.30 bits per heavy atom. The van der Waals surface area contributed by atoms with E-state index < -0.39 is 0 Å². The maximum Gasteiger partial charge on any atom is 0.234 e. The zero-order chi connectivity index (χ0) is 7.61. The summed E-state index contributed by atoms with van der Waals surface area (Å²) in [5.41, 5.74) is 0.0278. The van der Waals surface area contributed by atoms with Crippen LogP contribution >= 0.6 is 0 Å². The Morgan fingerprint density at radius 3 is 2.00 bits per heavy atom. The summed E-state index contributed by atoms with van der Waals surface area (Å²) in [6, 6.07) is 0. The first-order valence-electron chi connectivity index (χ1n) is 4.10. The van der Waals surface area contributed by atoms with E-state index in [1.165, 1.54) is 12.8 Å². The Morgan fingerprint density at radius 2 is 1.80 bits per heavy atom. The van der Waals surface area contributed by atoms with E-state index in [2.05, 4.69) is 18.7 Å². The fourth-order valence-electron chi connectivity index (χ4n) is 1.81. The first-order chi connectivity index (χ1) is 4.71. The van der Waals surface area contributed by atoms with Crippen LogP contribution in [-0.4, -0.2) is 5.54 Å². The Bertz CT molecular complexity index is 147. The Labute approximate surface area is 63.3 Å². The Kier molecular flexibility index (Phi) is 1.99. The van der Waals surface area contributed by atoms with Crippen LogP contribution in [0.4, 0.5) is 0 Å². The summed E-state index contributed by atoms with van der Waals surface area (Å²) in [7, 11) is 0. The minimum absolute atomic E-state index is 0.0278. The predicted molar refractivity (Wildman–Crippen MR) is 42.6 cm³/mol. The van der Waals surface area contributed by atoms with Crippen LogP contribution in [0.2, 0.25) is 0 Å². The van der Waals surface area contributed by atoms with Gasteiger partial charge in [-0.1, -0.05) is 13.8 Å². The van der Waals surface area contributed by atoms with Crippen LogP contribution in [0.25, 0.3) is 4.85 Å². The van der Waals surface area contributed by atoms with Crippen molar-refractivity contribution in [2.24, 2.45) is 5.92 Å². The summed E-state index contributed by atoms with van der Waals surface area (Å²) in [5, 5.41) is 0. The standard InChI is InChI=1S/C9H15N/c1-8(2)9(10-3)6-4-5-7-9/h8H,4-7H2,1-2H3. The van der Waals surface area contributed by atoms with Crippen LogP contribution in [0.15, 0.2) is 0 Å². The van der Waals surface area contributed by atoms with E-state index in [1.807, 2.05) is 0 Å². The van der Waals surface area contributed by atoms with E-state index in [0.717, 1.165) is 12.8 Å². The van der Waals surface area contributed by atoms with Gasteiger partial charge in [0.15, 0.2) is 0 Å². The van der Waals surface area contributed by atoms with Crippen molar-refractivity contribution in [2.75, 3.05) is 0 Å². The van der Waals surface area contributed by atoms with E-state index in [4.69, 9.17) is 6.57 Å². The minimum atomic E-state index is 0.0278. The number of hydrogen-bond acceptors (Lipinski definition) is 0. The molecule has 0 aromatic heterocycles. The molecule has 0 radical (unpaired) electrons. The maximum atomic E-state index is 7.10. The molecular formula is C9H15N. The molecule has 0 aromatic rings. The van der Waals surface area contributed by atoms with Gasteiger partial charge in [0, 0.05) is 18.8 Å². The molecule has 56 valence electrons. The van der Waals surface area contributed by atoms with Crippen molar-refractivity contribution in [1.82, 2.24) is 0 Å². The smallest absolute Gasteiger partial charge is 0.234 e. The molecule has 1 aliphatic rings. The lowest BCUT2D eigenvalue weighted by molar-refractivity contribution is 0.379. The van der Waals surface area contributed by atoms with Gasteiger partial charge in [-0.15, -0.1) is 0 Å². The minimum Gasteiger partial charge on any atom is -0.310 e. The third-order valence-corrected chi connectivity index (χ3v) is 2.77. The molecule has 0 atom stereocenters. The Balaban J connectivity index is 2.70. The quantitative estimate of drug-likeness (QED) is 0.489. The van der Waals surface area contributed by atoms with Crippen LogP contribution in [0.5, 0.6) is 0 Å². The summed E-state index contributed by atoms with van der Waals surface area (Å²) in [5.74, 6) is 0.549. The molecule has 0 unspecified atom stereocenters. The average Bonchev–Trinajstić information content (AvgIpc) is 2.35. The molecule has 0 bridgehead atoms. The fraction of sp³-hybridized carbons (Fsp3) is 0.889. The van der Waals surface area contributed by atoms with Crippen molar-refractivity contribution in [3.05, 3.63) is 11.4 Å². The van der Waals surface area contributed by atoms with Gasteiger partial charge >= 0.3 is 0 Å². The third kappa shape index (κ3) is 1.03. The van der Waals surface area contributed by atoms with Crippen molar-refractivity contribution in [3.63, 3.8) is 0 Å². The van der Waals surface area contributed by atoms with Crippen molar-refractivity contribution in [3.8, 4) is 0 Å². The lowest BCUT2D eigenvalue weighted by atomic mass is 9.86. The largest absolute Gasteiger partial charge is 0.310 e. The van der Waals surface area contributed by atoms with Gasteiger partial charge in [-0.25, -0.2) is 6.57 Å². The summed E-state index contributed by atoms with van der Waals surface area (Å²) < 4.78 is 0. The third-order valence-electron chi connectivity index (χ3n) is 2.77.